The number of nitrogens with zero attached hydrogens (tertiary/aromatic N) is 4. The monoisotopic (exact) mass is 499 g/mol. The largest absolute Gasteiger partial charge is 0.482 e. The standard InChI is InChI=1S/C27H25N5O3S/c1-3-17-7-5-8-18(4-2)25(17)32-26(20-9-6-12-28-14-20)30-31-27(32)36-16-22(33)19-10-11-23-21(13-19)29-24(34)15-35-23/h5-14H,3-4,15-16H2,1-2H3,(H,29,34). The summed E-state index contributed by atoms with van der Waals surface area (Å²) < 4.78 is 7.45. The number of ketones is 1. The molecule has 3 heterocycles. The molecule has 0 saturated carbocycles. The topological polar surface area (TPSA) is 99.0 Å². The second kappa shape index (κ2) is 10.3. The van der Waals surface area contributed by atoms with Crippen molar-refractivity contribution in [3.63, 3.8) is 0 Å². The van der Waals surface area contributed by atoms with E-state index in [-0.39, 0.29) is 24.1 Å². The Bertz CT molecular complexity index is 1410. The highest BCUT2D eigenvalue weighted by Crippen LogP contribution is 2.33. The van der Waals surface area contributed by atoms with Crippen LogP contribution < -0.4 is 10.1 Å². The minimum atomic E-state index is -0.237. The number of anilines is 1. The number of aryl methyl sites for hydroxylation is 2. The van der Waals surface area contributed by atoms with Crippen LogP contribution in [0.15, 0.2) is 66.1 Å². The number of hydrogen-bond donors (Lipinski definition) is 1. The lowest BCUT2D eigenvalue weighted by molar-refractivity contribution is -0.118. The first-order chi connectivity index (χ1) is 17.6. The number of thioether (sulfide) groups is 1. The molecule has 0 radical (unpaired) electrons. The molecule has 0 fully saturated rings. The Labute approximate surface area is 213 Å². The van der Waals surface area contributed by atoms with E-state index < -0.39 is 0 Å². The van der Waals surface area contributed by atoms with Gasteiger partial charge >= 0.3 is 0 Å². The SMILES string of the molecule is CCc1cccc(CC)c1-n1c(SCC(=O)c2ccc3c(c2)NC(=O)CO3)nnc1-c1cccnc1. The molecule has 0 bridgehead atoms. The van der Waals surface area contributed by atoms with Crippen molar-refractivity contribution in [3.05, 3.63) is 77.6 Å². The van der Waals surface area contributed by atoms with Gasteiger partial charge < -0.3 is 10.1 Å². The van der Waals surface area contributed by atoms with Crippen LogP contribution in [0.1, 0.15) is 35.3 Å². The van der Waals surface area contributed by atoms with E-state index in [0.29, 0.717) is 28.0 Å². The summed E-state index contributed by atoms with van der Waals surface area (Å²) in [5.74, 6) is 1.08. The van der Waals surface area contributed by atoms with Crippen LogP contribution in [0.25, 0.3) is 17.1 Å². The summed E-state index contributed by atoms with van der Waals surface area (Å²) in [5.41, 5.74) is 5.26. The maximum absolute atomic E-state index is 13.1. The summed E-state index contributed by atoms with van der Waals surface area (Å²) in [4.78, 5) is 29.0. The predicted octanol–water partition coefficient (Wildman–Crippen LogP) is 4.76. The molecular weight excluding hydrogens is 474 g/mol. The van der Waals surface area contributed by atoms with Gasteiger partial charge in [-0.05, 0) is 54.3 Å². The van der Waals surface area contributed by atoms with Crippen molar-refractivity contribution < 1.29 is 14.3 Å². The van der Waals surface area contributed by atoms with Gasteiger partial charge in [0.2, 0.25) is 0 Å². The molecule has 1 aliphatic rings. The second-order valence-electron chi connectivity index (χ2n) is 8.27. The maximum Gasteiger partial charge on any atom is 0.262 e. The highest BCUT2D eigenvalue weighted by atomic mass is 32.2. The number of rotatable bonds is 8. The van der Waals surface area contributed by atoms with Gasteiger partial charge in [0, 0.05) is 23.5 Å². The summed E-state index contributed by atoms with van der Waals surface area (Å²) in [6.07, 6.45) is 5.19. The normalized spacial score (nSPS) is 12.6. The predicted molar refractivity (Wildman–Crippen MR) is 139 cm³/mol. The lowest BCUT2D eigenvalue weighted by Crippen LogP contribution is -2.25. The van der Waals surface area contributed by atoms with Gasteiger partial charge in [-0.25, -0.2) is 0 Å². The third kappa shape index (κ3) is 4.61. The second-order valence-corrected chi connectivity index (χ2v) is 9.22. The van der Waals surface area contributed by atoms with Crippen molar-refractivity contribution in [1.29, 1.82) is 0 Å². The van der Waals surface area contributed by atoms with Crippen molar-refractivity contribution in [2.45, 2.75) is 31.8 Å². The fourth-order valence-electron chi connectivity index (χ4n) is 4.22. The number of ether oxygens (including phenoxy) is 1. The van der Waals surface area contributed by atoms with E-state index in [2.05, 4.69) is 52.5 Å². The van der Waals surface area contributed by atoms with Crippen LogP contribution in [-0.2, 0) is 17.6 Å². The van der Waals surface area contributed by atoms with Gasteiger partial charge in [0.05, 0.1) is 17.1 Å². The number of nitrogens with one attached hydrogen (secondary N) is 1. The molecule has 182 valence electrons. The van der Waals surface area contributed by atoms with E-state index in [1.54, 1.807) is 30.6 Å². The molecule has 0 unspecified atom stereocenters. The van der Waals surface area contributed by atoms with E-state index in [1.807, 2.05) is 16.7 Å². The molecule has 5 rings (SSSR count). The maximum atomic E-state index is 13.1. The van der Waals surface area contributed by atoms with Crippen molar-refractivity contribution in [1.82, 2.24) is 19.7 Å². The van der Waals surface area contributed by atoms with Crippen LogP contribution in [0.5, 0.6) is 5.75 Å². The molecule has 0 aliphatic carbocycles. The Kier molecular flexibility index (Phi) is 6.81. The molecule has 2 aromatic heterocycles. The van der Waals surface area contributed by atoms with E-state index in [4.69, 9.17) is 4.74 Å². The first kappa shape index (κ1) is 23.7. The summed E-state index contributed by atoms with van der Waals surface area (Å²) in [6.45, 7) is 4.23. The fourth-order valence-corrected chi connectivity index (χ4v) is 5.05. The van der Waals surface area contributed by atoms with Crippen LogP contribution in [0.2, 0.25) is 0 Å². The number of pyridine rings is 1. The number of fused-ring (bicyclic) bond motifs is 1. The molecular formula is C27H25N5O3S. The van der Waals surface area contributed by atoms with Gasteiger partial charge in [0.25, 0.3) is 5.91 Å². The van der Waals surface area contributed by atoms with Gasteiger partial charge in [-0.1, -0.05) is 43.8 Å². The van der Waals surface area contributed by atoms with Crippen molar-refractivity contribution >= 4 is 29.1 Å². The summed E-state index contributed by atoms with van der Waals surface area (Å²) >= 11 is 1.34. The minimum Gasteiger partial charge on any atom is -0.482 e. The number of hydrogen-bond acceptors (Lipinski definition) is 7. The summed E-state index contributed by atoms with van der Waals surface area (Å²) in [5, 5.41) is 12.4. The molecule has 1 amide bonds. The highest BCUT2D eigenvalue weighted by Gasteiger charge is 2.22. The van der Waals surface area contributed by atoms with Gasteiger partial charge in [-0.2, -0.15) is 0 Å². The van der Waals surface area contributed by atoms with Crippen LogP contribution in [-0.4, -0.2) is 43.8 Å². The fraction of sp³-hybridized carbons (Fsp3) is 0.222. The quantitative estimate of drug-likeness (QED) is 0.276. The Hall–Kier alpha value is -3.98. The number of carbonyl (C=O) groups is 2. The molecule has 4 aromatic rings. The first-order valence-corrected chi connectivity index (χ1v) is 12.8. The highest BCUT2D eigenvalue weighted by molar-refractivity contribution is 7.99. The Morgan fingerprint density at radius 3 is 2.61 bits per heavy atom. The third-order valence-corrected chi connectivity index (χ3v) is 6.94. The summed E-state index contributed by atoms with van der Waals surface area (Å²) in [7, 11) is 0. The Morgan fingerprint density at radius 1 is 1.08 bits per heavy atom. The molecule has 0 spiro atoms. The molecule has 9 heteroatoms. The van der Waals surface area contributed by atoms with Crippen LogP contribution in [0, 0.1) is 0 Å². The molecule has 8 nitrogen and oxygen atoms in total. The van der Waals surface area contributed by atoms with Crippen LogP contribution in [0.3, 0.4) is 0 Å². The number of carbonyl (C=O) groups excluding carboxylic acids is 2. The average molecular weight is 500 g/mol. The third-order valence-electron chi connectivity index (χ3n) is 6.01. The van der Waals surface area contributed by atoms with Gasteiger partial charge in [0.15, 0.2) is 23.4 Å². The smallest absolute Gasteiger partial charge is 0.262 e. The van der Waals surface area contributed by atoms with E-state index in [0.717, 1.165) is 24.1 Å². The Morgan fingerprint density at radius 2 is 1.89 bits per heavy atom. The van der Waals surface area contributed by atoms with E-state index >= 15 is 0 Å². The lowest BCUT2D eigenvalue weighted by Gasteiger charge is -2.18. The minimum absolute atomic E-state index is 0.0238. The zero-order chi connectivity index (χ0) is 25.1. The van der Waals surface area contributed by atoms with Crippen molar-refractivity contribution in [3.8, 4) is 22.8 Å². The number of Topliss-reactive ketones (excluding diaryl/α,β-unsaturated/α-hetero) is 1. The van der Waals surface area contributed by atoms with Crippen molar-refractivity contribution in [2.24, 2.45) is 0 Å². The molecule has 36 heavy (non-hydrogen) atoms. The number of para-hydroxylation sites is 1. The Balaban J connectivity index is 1.50. The van der Waals surface area contributed by atoms with Crippen LogP contribution in [0.4, 0.5) is 5.69 Å². The van der Waals surface area contributed by atoms with Gasteiger partial charge in [-0.15, -0.1) is 10.2 Å². The zero-order valence-electron chi connectivity index (χ0n) is 20.0. The summed E-state index contributed by atoms with van der Waals surface area (Å²) in [6, 6.07) is 15.2. The zero-order valence-corrected chi connectivity index (χ0v) is 20.8. The molecule has 2 aromatic carbocycles. The van der Waals surface area contributed by atoms with Crippen LogP contribution >= 0.6 is 11.8 Å². The molecule has 1 aliphatic heterocycles. The van der Waals surface area contributed by atoms with E-state index in [9.17, 15) is 9.59 Å². The van der Waals surface area contributed by atoms with Gasteiger partial charge in [0.1, 0.15) is 5.75 Å². The number of amides is 1. The van der Waals surface area contributed by atoms with E-state index in [1.165, 1.54) is 22.9 Å². The first-order valence-electron chi connectivity index (χ1n) is 11.8. The average Bonchev–Trinajstić information content (AvgIpc) is 3.34. The number of aromatic nitrogens is 4. The molecule has 0 saturated heterocycles. The lowest BCUT2D eigenvalue weighted by atomic mass is 10.0. The number of benzene rings is 2. The van der Waals surface area contributed by atoms with Gasteiger partial charge in [-0.3, -0.25) is 19.1 Å². The molecule has 1 N–H and O–H groups in total. The molecule has 0 atom stereocenters. The van der Waals surface area contributed by atoms with Crippen molar-refractivity contribution in [2.75, 3.05) is 17.7 Å².